The molecule has 1 N–H and O–H groups in total. The summed E-state index contributed by atoms with van der Waals surface area (Å²) in [4.78, 5) is 2.24. The Bertz CT molecular complexity index is 742. The minimum absolute atomic E-state index is 0.550. The van der Waals surface area contributed by atoms with Crippen molar-refractivity contribution < 1.29 is 9.68 Å². The van der Waals surface area contributed by atoms with Crippen LogP contribution < -0.4 is 4.90 Å². The number of nitrogens with zero attached hydrogens (tertiary/aromatic N) is 2. The highest BCUT2D eigenvalue weighted by atomic mass is 35.5. The lowest BCUT2D eigenvalue weighted by atomic mass is 10.0. The predicted octanol–water partition coefficient (Wildman–Crippen LogP) is 3.60. The van der Waals surface area contributed by atoms with Gasteiger partial charge in [0.15, 0.2) is 6.54 Å². The van der Waals surface area contributed by atoms with E-state index < -0.39 is 5.72 Å². The number of halogens is 1. The summed E-state index contributed by atoms with van der Waals surface area (Å²) in [6, 6.07) is 17.9. The zero-order chi connectivity index (χ0) is 15.9. The Morgan fingerprint density at radius 2 is 1.74 bits per heavy atom. The maximum Gasteiger partial charge on any atom is 0.271 e. The highest BCUT2D eigenvalue weighted by molar-refractivity contribution is 6.30. The van der Waals surface area contributed by atoms with Gasteiger partial charge in [-0.1, -0.05) is 41.9 Å². The van der Waals surface area contributed by atoms with E-state index in [1.165, 1.54) is 12.3 Å². The number of hydrogen-bond acceptors (Lipinski definition) is 2. The van der Waals surface area contributed by atoms with E-state index in [9.17, 15) is 5.11 Å². The Balaban J connectivity index is 1.79. The Hall–Kier alpha value is -1.84. The van der Waals surface area contributed by atoms with Gasteiger partial charge in [-0.3, -0.25) is 0 Å². The van der Waals surface area contributed by atoms with Crippen LogP contribution in [0.4, 0.5) is 5.69 Å². The van der Waals surface area contributed by atoms with Crippen LogP contribution in [0.25, 0.3) is 0 Å². The van der Waals surface area contributed by atoms with Crippen LogP contribution >= 0.6 is 11.6 Å². The number of anilines is 1. The van der Waals surface area contributed by atoms with Crippen LogP contribution in [0.1, 0.15) is 24.8 Å². The molecule has 0 amide bonds. The van der Waals surface area contributed by atoms with E-state index in [0.29, 0.717) is 6.54 Å². The van der Waals surface area contributed by atoms with Crippen molar-refractivity contribution in [3.63, 3.8) is 0 Å². The van der Waals surface area contributed by atoms with Crippen molar-refractivity contribution >= 4 is 23.1 Å². The van der Waals surface area contributed by atoms with E-state index in [1.807, 2.05) is 54.6 Å². The molecule has 0 aromatic heterocycles. The summed E-state index contributed by atoms with van der Waals surface area (Å²) in [6.45, 7) is 1.44. The Labute approximate surface area is 141 Å². The van der Waals surface area contributed by atoms with Crippen molar-refractivity contribution in [2.75, 3.05) is 18.0 Å². The van der Waals surface area contributed by atoms with Crippen molar-refractivity contribution in [3.8, 4) is 0 Å². The fourth-order valence-electron chi connectivity index (χ4n) is 3.71. The van der Waals surface area contributed by atoms with Crippen molar-refractivity contribution in [1.29, 1.82) is 0 Å². The third-order valence-electron chi connectivity index (χ3n) is 4.85. The van der Waals surface area contributed by atoms with Gasteiger partial charge in [0.2, 0.25) is 0 Å². The normalized spacial score (nSPS) is 24.0. The molecule has 0 radical (unpaired) electrons. The molecule has 1 unspecified atom stereocenters. The largest absolute Gasteiger partial charge is 0.346 e. The highest BCUT2D eigenvalue weighted by Crippen LogP contribution is 2.35. The number of benzene rings is 2. The SMILES string of the molecule is OC1(c2ccccc2)CN(c2ccc(Cl)cc2)C2=[N+]1CCCC2. The first kappa shape index (κ1) is 14.7. The number of aliphatic hydroxyl groups is 1. The van der Waals surface area contributed by atoms with Crippen molar-refractivity contribution in [2.24, 2.45) is 0 Å². The van der Waals surface area contributed by atoms with Crippen molar-refractivity contribution in [1.82, 2.24) is 0 Å². The fourth-order valence-corrected chi connectivity index (χ4v) is 3.83. The molecule has 2 aliphatic rings. The second kappa shape index (κ2) is 5.66. The molecule has 0 saturated carbocycles. The Kier molecular flexibility index (Phi) is 3.63. The fraction of sp³-hybridized carbons (Fsp3) is 0.316. The molecule has 4 rings (SSSR count). The molecule has 0 fully saturated rings. The molecule has 0 spiro atoms. The summed E-state index contributed by atoms with van der Waals surface area (Å²) in [5, 5.41) is 12.2. The molecule has 23 heavy (non-hydrogen) atoms. The average Bonchev–Trinajstić information content (AvgIpc) is 2.91. The van der Waals surface area contributed by atoms with Gasteiger partial charge in [0.05, 0.1) is 6.54 Å². The van der Waals surface area contributed by atoms with Crippen LogP contribution in [0, 0.1) is 0 Å². The second-order valence-electron chi connectivity index (χ2n) is 6.27. The Morgan fingerprint density at radius 3 is 2.48 bits per heavy atom. The molecule has 0 saturated heterocycles. The Morgan fingerprint density at radius 1 is 1.00 bits per heavy atom. The molecule has 2 aromatic rings. The second-order valence-corrected chi connectivity index (χ2v) is 6.71. The van der Waals surface area contributed by atoms with Gasteiger partial charge in [-0.2, -0.15) is 0 Å². The molecular weight excluding hydrogens is 308 g/mol. The third kappa shape index (κ3) is 2.44. The van der Waals surface area contributed by atoms with Crippen molar-refractivity contribution in [3.05, 3.63) is 65.2 Å². The summed E-state index contributed by atoms with van der Waals surface area (Å²) in [6.07, 6.45) is 3.28. The molecule has 1 atom stereocenters. The lowest BCUT2D eigenvalue weighted by molar-refractivity contribution is -0.661. The average molecular weight is 328 g/mol. The van der Waals surface area contributed by atoms with Crippen LogP contribution in [-0.2, 0) is 5.72 Å². The minimum Gasteiger partial charge on any atom is -0.346 e. The molecule has 118 valence electrons. The molecule has 4 heteroatoms. The maximum absolute atomic E-state index is 11.5. The van der Waals surface area contributed by atoms with Crippen LogP contribution in [0.5, 0.6) is 0 Å². The molecule has 2 aromatic carbocycles. The van der Waals surface area contributed by atoms with Gasteiger partial charge in [-0.05, 0) is 37.1 Å². The van der Waals surface area contributed by atoms with E-state index in [1.54, 1.807) is 0 Å². The van der Waals surface area contributed by atoms with Crippen molar-refractivity contribution in [2.45, 2.75) is 25.0 Å². The van der Waals surface area contributed by atoms with Gasteiger partial charge >= 0.3 is 0 Å². The summed E-state index contributed by atoms with van der Waals surface area (Å²) in [7, 11) is 0. The van der Waals surface area contributed by atoms with Crippen LogP contribution in [0.15, 0.2) is 54.6 Å². The minimum atomic E-state index is -0.962. The zero-order valence-electron chi connectivity index (χ0n) is 13.0. The van der Waals surface area contributed by atoms with E-state index in [-0.39, 0.29) is 0 Å². The van der Waals surface area contributed by atoms with E-state index in [2.05, 4.69) is 9.48 Å². The third-order valence-corrected chi connectivity index (χ3v) is 5.11. The van der Waals surface area contributed by atoms with Gasteiger partial charge in [0.25, 0.3) is 11.6 Å². The van der Waals surface area contributed by atoms with Crippen LogP contribution in [-0.4, -0.2) is 28.6 Å². The van der Waals surface area contributed by atoms with Gasteiger partial charge in [-0.25, -0.2) is 9.48 Å². The quantitative estimate of drug-likeness (QED) is 0.853. The molecule has 0 aliphatic carbocycles. The predicted molar refractivity (Wildman–Crippen MR) is 93.1 cm³/mol. The molecular formula is C19H20ClN2O+. The first-order valence-corrected chi connectivity index (χ1v) is 8.51. The number of β-amino-alcohol motifs (C(OH)–C–C–N with tert-alkyl or cyclic N) is 1. The summed E-state index contributed by atoms with van der Waals surface area (Å²) in [5.41, 5.74) is 1.08. The molecule has 2 aliphatic heterocycles. The number of amidine groups is 1. The van der Waals surface area contributed by atoms with Crippen LogP contribution in [0.3, 0.4) is 0 Å². The monoisotopic (exact) mass is 327 g/mol. The van der Waals surface area contributed by atoms with Gasteiger partial charge in [0.1, 0.15) is 5.69 Å². The van der Waals surface area contributed by atoms with E-state index >= 15 is 0 Å². The van der Waals surface area contributed by atoms with Gasteiger partial charge in [0, 0.05) is 17.0 Å². The summed E-state index contributed by atoms with van der Waals surface area (Å²) >= 11 is 6.02. The standard InChI is InChI=1S/C19H20ClN2O/c20-16-9-11-17(12-10-16)21-14-19(23,15-6-2-1-3-7-15)22-13-5-4-8-18(21)22/h1-3,6-7,9-12,23H,4-5,8,13-14H2/q+1. The smallest absolute Gasteiger partial charge is 0.271 e. The topological polar surface area (TPSA) is 26.5 Å². The molecule has 3 nitrogen and oxygen atoms in total. The van der Waals surface area contributed by atoms with E-state index in [4.69, 9.17) is 11.6 Å². The van der Waals surface area contributed by atoms with Crippen LogP contribution in [0.2, 0.25) is 5.02 Å². The first-order chi connectivity index (χ1) is 11.2. The van der Waals surface area contributed by atoms with Gasteiger partial charge in [-0.15, -0.1) is 0 Å². The van der Waals surface area contributed by atoms with E-state index in [0.717, 1.165) is 35.7 Å². The summed E-state index contributed by atoms with van der Waals surface area (Å²) in [5.74, 6) is 1.21. The maximum atomic E-state index is 11.5. The van der Waals surface area contributed by atoms with Gasteiger partial charge < -0.3 is 5.11 Å². The number of rotatable bonds is 2. The zero-order valence-corrected chi connectivity index (χ0v) is 13.7. The molecule has 2 heterocycles. The molecule has 0 bridgehead atoms. The lowest BCUT2D eigenvalue weighted by Gasteiger charge is -2.24. The highest BCUT2D eigenvalue weighted by Gasteiger charge is 2.52. The summed E-state index contributed by atoms with van der Waals surface area (Å²) < 4.78 is 2.18. The first-order valence-electron chi connectivity index (χ1n) is 8.13. The lowest BCUT2D eigenvalue weighted by Crippen LogP contribution is -2.41. The number of hydrogen-bond donors (Lipinski definition) is 1.